The molecule has 3 atom stereocenters. The number of allylic oxidation sites excluding steroid dienone is 4. The highest BCUT2D eigenvalue weighted by molar-refractivity contribution is 7.53. The van der Waals surface area contributed by atoms with Gasteiger partial charge in [0.1, 0.15) is 6.61 Å². The highest BCUT2D eigenvalue weighted by Crippen LogP contribution is 2.51. The number of quaternary nitrogens is 1. The topological polar surface area (TPSA) is 99.1 Å². The van der Waals surface area contributed by atoms with Crippen molar-refractivity contribution in [2.24, 2.45) is 0 Å². The quantitative estimate of drug-likeness (QED) is 0.0215. The van der Waals surface area contributed by atoms with Gasteiger partial charge in [-0.1, -0.05) is 173 Å². The molecule has 342 valence electrons. The summed E-state index contributed by atoms with van der Waals surface area (Å²) in [4.78, 5) is 36.2. The molecule has 0 amide bonds. The van der Waals surface area contributed by atoms with Crippen molar-refractivity contribution in [2.45, 2.75) is 245 Å². The molecule has 8 nitrogen and oxygen atoms in total. The molecule has 1 N–H and O–H groups in total. The van der Waals surface area contributed by atoms with E-state index in [-0.39, 0.29) is 30.1 Å². The van der Waals surface area contributed by atoms with Gasteiger partial charge in [0, 0.05) is 19.3 Å². The van der Waals surface area contributed by atoms with Crippen molar-refractivity contribution in [3.63, 3.8) is 0 Å². The number of nitrogens with zero attached hydrogens (tertiary/aromatic N) is 1. The molecular weight excluding hydrogens is 746 g/mol. The lowest BCUT2D eigenvalue weighted by atomic mass is 10.1. The van der Waals surface area contributed by atoms with Gasteiger partial charge in [0.25, 0.3) is 0 Å². The zero-order valence-electron chi connectivity index (χ0n) is 39.0. The van der Waals surface area contributed by atoms with Crippen LogP contribution in [0, 0.1) is 0 Å². The summed E-state index contributed by atoms with van der Waals surface area (Å²) in [5, 5.41) is 0. The van der Waals surface area contributed by atoms with Crippen molar-refractivity contribution in [1.29, 1.82) is 0 Å². The van der Waals surface area contributed by atoms with Crippen LogP contribution in [0.5, 0.6) is 0 Å². The van der Waals surface area contributed by atoms with Crippen LogP contribution in [0.25, 0.3) is 0 Å². The Morgan fingerprint density at radius 3 is 1.22 bits per heavy atom. The Morgan fingerprint density at radius 1 is 0.517 bits per heavy atom. The smallest absolute Gasteiger partial charge is 0.385 e. The Bertz CT molecular complexity index is 1060. The van der Waals surface area contributed by atoms with E-state index in [0.717, 1.165) is 57.8 Å². The lowest BCUT2D eigenvalue weighted by Crippen LogP contribution is -2.45. The lowest BCUT2D eigenvalue weighted by molar-refractivity contribution is -0.883. The van der Waals surface area contributed by atoms with Crippen molar-refractivity contribution in [3.8, 4) is 0 Å². The van der Waals surface area contributed by atoms with E-state index in [2.05, 4.69) is 38.2 Å². The molecule has 0 aromatic carbocycles. The van der Waals surface area contributed by atoms with Crippen LogP contribution in [-0.2, 0) is 28.2 Å². The Hall–Kier alpha value is -1.47. The van der Waals surface area contributed by atoms with Gasteiger partial charge in [-0.05, 0) is 64.2 Å². The number of ether oxygens (including phenoxy) is 2. The minimum atomic E-state index is -4.04. The zero-order chi connectivity index (χ0) is 43.0. The number of esters is 2. The molecule has 0 saturated carbocycles. The maximum atomic E-state index is 13.2. The highest BCUT2D eigenvalue weighted by atomic mass is 31.2. The monoisotopic (exact) mass is 841 g/mol. The third kappa shape index (κ3) is 36.4. The van der Waals surface area contributed by atoms with E-state index in [4.69, 9.17) is 14.0 Å². The molecule has 0 saturated heterocycles. The molecule has 0 aliphatic carbocycles. The number of carbonyl (C=O) groups is 2. The van der Waals surface area contributed by atoms with E-state index in [0.29, 0.717) is 12.8 Å². The zero-order valence-corrected chi connectivity index (χ0v) is 39.9. The summed E-state index contributed by atoms with van der Waals surface area (Å²) in [6.07, 6.45) is 45.8. The van der Waals surface area contributed by atoms with Crippen LogP contribution in [0.15, 0.2) is 24.3 Å². The fourth-order valence-electron chi connectivity index (χ4n) is 7.50. The molecule has 0 heterocycles. The number of unbranched alkanes of at least 4 members (excludes halogenated alkanes) is 26. The first kappa shape index (κ1) is 56.5. The third-order valence-electron chi connectivity index (χ3n) is 11.1. The first-order chi connectivity index (χ1) is 28.0. The Balaban J connectivity index is 4.36. The number of carbonyl (C=O) groups excluding carboxylic acids is 2. The second-order valence-electron chi connectivity index (χ2n) is 17.7. The van der Waals surface area contributed by atoms with Gasteiger partial charge in [-0.2, -0.15) is 0 Å². The van der Waals surface area contributed by atoms with E-state index >= 15 is 0 Å². The molecule has 0 rings (SSSR count). The summed E-state index contributed by atoms with van der Waals surface area (Å²) < 4.78 is 30.2. The SMILES string of the molecule is CCCCCCCC/C=C\CCCCCCCCCCCC(=O)OC[C@H](COP(=O)(O)C(CC)[N+](C)(C)C)OC(=O)CCCCCCC/C=C\CCCCCCCC. The van der Waals surface area contributed by atoms with Gasteiger partial charge in [-0.15, -0.1) is 0 Å². The van der Waals surface area contributed by atoms with Gasteiger partial charge in [0.05, 0.1) is 27.7 Å². The summed E-state index contributed by atoms with van der Waals surface area (Å²) >= 11 is 0. The van der Waals surface area contributed by atoms with E-state index < -0.39 is 25.5 Å². The van der Waals surface area contributed by atoms with Crippen LogP contribution in [0.2, 0.25) is 0 Å². The van der Waals surface area contributed by atoms with Crippen molar-refractivity contribution in [2.75, 3.05) is 34.4 Å². The van der Waals surface area contributed by atoms with E-state index in [1.54, 1.807) is 0 Å². The molecule has 0 aromatic heterocycles. The highest BCUT2D eigenvalue weighted by Gasteiger charge is 2.42. The molecule has 0 radical (unpaired) electrons. The minimum absolute atomic E-state index is 0.187. The predicted molar refractivity (Wildman–Crippen MR) is 246 cm³/mol. The number of hydrogen-bond acceptors (Lipinski definition) is 6. The van der Waals surface area contributed by atoms with Crippen molar-refractivity contribution >= 4 is 19.5 Å². The first-order valence-corrected chi connectivity index (χ1v) is 26.1. The molecule has 58 heavy (non-hydrogen) atoms. The van der Waals surface area contributed by atoms with Crippen molar-refractivity contribution < 1.29 is 37.5 Å². The van der Waals surface area contributed by atoms with Crippen molar-refractivity contribution in [3.05, 3.63) is 24.3 Å². The first-order valence-electron chi connectivity index (χ1n) is 24.4. The number of rotatable bonds is 43. The number of hydrogen-bond donors (Lipinski definition) is 1. The summed E-state index contributed by atoms with van der Waals surface area (Å²) in [5.41, 5.74) is 0. The Morgan fingerprint density at radius 2 is 0.862 bits per heavy atom. The van der Waals surface area contributed by atoms with Gasteiger partial charge in [0.2, 0.25) is 0 Å². The molecule has 0 bridgehead atoms. The lowest BCUT2D eigenvalue weighted by Gasteiger charge is -2.35. The second-order valence-corrected chi connectivity index (χ2v) is 19.7. The van der Waals surface area contributed by atoms with Crippen LogP contribution in [0.1, 0.15) is 233 Å². The molecule has 0 aliphatic rings. The largest absolute Gasteiger partial charge is 0.462 e. The van der Waals surface area contributed by atoms with E-state index in [1.165, 1.54) is 135 Å². The Labute approximate surface area is 359 Å². The minimum Gasteiger partial charge on any atom is -0.462 e. The molecule has 9 heteroatoms. The van der Waals surface area contributed by atoms with E-state index in [9.17, 15) is 19.0 Å². The van der Waals surface area contributed by atoms with Crippen molar-refractivity contribution in [1.82, 2.24) is 0 Å². The molecule has 0 aliphatic heterocycles. The molecule has 0 spiro atoms. The standard InChI is InChI=1S/C49H94NO7P/c1-7-10-12-14-16-18-20-22-24-25-26-27-29-30-32-34-36-38-40-42-48(51)55-44-46(45-56-58(53,54)47(9-3)50(4,5)6)57-49(52)43-41-39-37-35-33-31-28-23-21-19-17-15-13-11-8-2/h22-24,28,46-47H,7-21,25-27,29-45H2,1-6H3/p+1/b24-22-,28-23-/t46-,47?/m1/s1. The molecule has 0 aromatic rings. The van der Waals surface area contributed by atoms with Gasteiger partial charge in [0.15, 0.2) is 11.9 Å². The van der Waals surface area contributed by atoms with Gasteiger partial charge < -0.3 is 23.4 Å². The molecule has 2 unspecified atom stereocenters. The average Bonchev–Trinajstić information content (AvgIpc) is 3.17. The summed E-state index contributed by atoms with van der Waals surface area (Å²) in [7, 11) is 1.52. The summed E-state index contributed by atoms with van der Waals surface area (Å²) in [6, 6.07) is 0. The van der Waals surface area contributed by atoms with Gasteiger partial charge in [-0.25, -0.2) is 0 Å². The third-order valence-corrected chi connectivity index (χ3v) is 13.4. The van der Waals surface area contributed by atoms with Gasteiger partial charge in [-0.3, -0.25) is 14.2 Å². The summed E-state index contributed by atoms with van der Waals surface area (Å²) in [5.74, 6) is -1.37. The van der Waals surface area contributed by atoms with Gasteiger partial charge >= 0.3 is 19.5 Å². The maximum Gasteiger partial charge on any atom is 0.385 e. The van der Waals surface area contributed by atoms with Crippen LogP contribution < -0.4 is 0 Å². The van der Waals surface area contributed by atoms with E-state index in [1.807, 2.05) is 28.1 Å². The summed E-state index contributed by atoms with van der Waals surface area (Å²) in [6.45, 7) is 5.89. The normalized spacial score (nSPS) is 14.3. The van der Waals surface area contributed by atoms with Crippen LogP contribution in [0.3, 0.4) is 0 Å². The van der Waals surface area contributed by atoms with Crippen LogP contribution >= 0.6 is 7.60 Å². The molecular formula is C49H95NO7P+. The van der Waals surface area contributed by atoms with Crippen LogP contribution in [-0.4, -0.2) is 67.6 Å². The fourth-order valence-corrected chi connectivity index (χ4v) is 9.39. The second kappa shape index (κ2) is 39.7. The average molecular weight is 841 g/mol. The predicted octanol–water partition coefficient (Wildman–Crippen LogP) is 14.7. The fraction of sp³-hybridized carbons (Fsp3) is 0.878. The maximum absolute atomic E-state index is 13.2. The van der Waals surface area contributed by atoms with Crippen LogP contribution in [0.4, 0.5) is 0 Å². The molecule has 0 fully saturated rings. The Kier molecular flexibility index (Phi) is 38.6.